The minimum absolute atomic E-state index is 0.0626. The van der Waals surface area contributed by atoms with E-state index in [4.69, 9.17) is 14.4 Å². The average Bonchev–Trinajstić information content (AvgIpc) is 4.09. The zero-order valence-electron chi connectivity index (χ0n) is 38.6. The molecule has 0 amide bonds. The van der Waals surface area contributed by atoms with Crippen LogP contribution in [0.1, 0.15) is 112 Å². The maximum absolute atomic E-state index is 6.67. The van der Waals surface area contributed by atoms with Gasteiger partial charge in [0.15, 0.2) is 11.4 Å². The molecule has 2 saturated carbocycles. The Morgan fingerprint density at radius 1 is 0.522 bits per heavy atom. The van der Waals surface area contributed by atoms with Crippen molar-refractivity contribution in [3.8, 4) is 56.0 Å². The molecular formula is C63H54N2OS. The van der Waals surface area contributed by atoms with Gasteiger partial charge in [-0.2, -0.15) is 0 Å². The van der Waals surface area contributed by atoms with E-state index in [1.165, 1.54) is 123 Å². The molecule has 3 nitrogen and oxygen atoms in total. The highest BCUT2D eigenvalue weighted by atomic mass is 32.1. The number of aryl methyl sites for hydroxylation is 1. The lowest BCUT2D eigenvalue weighted by molar-refractivity contribution is 0.350. The molecule has 0 N–H and O–H groups in total. The van der Waals surface area contributed by atoms with E-state index < -0.39 is 0 Å². The first-order chi connectivity index (χ1) is 33.0. The predicted octanol–water partition coefficient (Wildman–Crippen LogP) is 17.8. The third-order valence-corrected chi connectivity index (χ3v) is 17.9. The zero-order valence-corrected chi connectivity index (χ0v) is 39.4. The summed E-state index contributed by atoms with van der Waals surface area (Å²) in [4.78, 5) is 10.6. The second-order valence-electron chi connectivity index (χ2n) is 20.8. The molecule has 7 aromatic carbocycles. The molecule has 2 fully saturated rings. The van der Waals surface area contributed by atoms with Gasteiger partial charge in [-0.05, 0) is 154 Å². The Labute approximate surface area is 396 Å². The summed E-state index contributed by atoms with van der Waals surface area (Å²) in [5, 5.41) is 3.56. The Bertz CT molecular complexity index is 3650. The van der Waals surface area contributed by atoms with Gasteiger partial charge in [0, 0.05) is 47.5 Å². The number of para-hydroxylation sites is 1. The van der Waals surface area contributed by atoms with Crippen molar-refractivity contribution in [1.29, 1.82) is 0 Å². The number of hydrogen-bond acceptors (Lipinski definition) is 4. The van der Waals surface area contributed by atoms with Gasteiger partial charge >= 0.3 is 0 Å². The first-order valence-corrected chi connectivity index (χ1v) is 26.0. The summed E-state index contributed by atoms with van der Waals surface area (Å²) in [5.74, 6) is 1.38. The molecule has 0 saturated heterocycles. The van der Waals surface area contributed by atoms with Gasteiger partial charge < -0.3 is 4.42 Å². The summed E-state index contributed by atoms with van der Waals surface area (Å²) >= 11 is 1.86. The lowest BCUT2D eigenvalue weighted by atomic mass is 9.66. The van der Waals surface area contributed by atoms with Gasteiger partial charge in [-0.3, -0.25) is 0 Å². The fourth-order valence-electron chi connectivity index (χ4n) is 13.4. The van der Waals surface area contributed by atoms with Crippen molar-refractivity contribution in [1.82, 2.24) is 9.97 Å². The topological polar surface area (TPSA) is 38.9 Å². The highest BCUT2D eigenvalue weighted by molar-refractivity contribution is 7.26. The summed E-state index contributed by atoms with van der Waals surface area (Å²) in [7, 11) is 0. The lowest BCUT2D eigenvalue weighted by Gasteiger charge is -2.37. The SMILES string of the molecule is CC(C)CCc1cccc(-c2nc(-c3cccc4c3sc3ccc(-c5ccc6c(c5)C5(CCCCC5)c5cc7c(cc5-6)C5(CCCCC5)c5ccccc5-7)cc34)c3oc4ccccc4c3n2)c1. The van der Waals surface area contributed by atoms with Crippen LogP contribution in [0.15, 0.2) is 144 Å². The highest BCUT2D eigenvalue weighted by Gasteiger charge is 2.49. The number of furan rings is 1. The molecule has 3 aromatic heterocycles. The van der Waals surface area contributed by atoms with Gasteiger partial charge in [0.1, 0.15) is 16.8 Å². The number of nitrogens with zero attached hydrogens (tertiary/aromatic N) is 2. The number of benzene rings is 7. The Hall–Kier alpha value is -6.36. The van der Waals surface area contributed by atoms with Gasteiger partial charge in [-0.25, -0.2) is 9.97 Å². The molecule has 14 rings (SSSR count). The van der Waals surface area contributed by atoms with Gasteiger partial charge in [-0.15, -0.1) is 11.3 Å². The van der Waals surface area contributed by atoms with Crippen molar-refractivity contribution in [3.63, 3.8) is 0 Å². The standard InChI is InChI=1S/C63H54N2OS/c1-38(2)23-24-39-15-13-16-42(33-39)61-64-57-46-18-6-8-22-55(46)66-59(57)58(65-61)47-20-14-19-45-50-34-40(26-28-56(50)67-60(45)47)41-25-27-44-49-37-53-48(36-54(49)63(52(44)35-41)31-11-4-12-32-63)43-17-5-7-21-51(43)62(53)29-9-3-10-30-62/h5-8,13-22,25-28,33-38H,3-4,9-12,23-24,29-32H2,1-2H3. The molecule has 2 spiro atoms. The molecule has 4 aliphatic carbocycles. The molecule has 4 aliphatic rings. The van der Waals surface area contributed by atoms with Gasteiger partial charge in [0.2, 0.25) is 0 Å². The van der Waals surface area contributed by atoms with Crippen LogP contribution in [0.25, 0.3) is 98.3 Å². The molecule has 10 aromatic rings. The van der Waals surface area contributed by atoms with Crippen molar-refractivity contribution in [2.45, 2.75) is 102 Å². The summed E-state index contributed by atoms with van der Waals surface area (Å²) < 4.78 is 9.18. The van der Waals surface area contributed by atoms with E-state index in [1.54, 1.807) is 22.3 Å². The second-order valence-corrected chi connectivity index (χ2v) is 21.9. The predicted molar refractivity (Wildman–Crippen MR) is 280 cm³/mol. The molecular weight excluding hydrogens is 833 g/mol. The highest BCUT2D eigenvalue weighted by Crippen LogP contribution is 2.62. The van der Waals surface area contributed by atoms with E-state index in [0.717, 1.165) is 57.6 Å². The number of fused-ring (bicyclic) bond motifs is 16. The third kappa shape index (κ3) is 5.94. The number of thiophene rings is 1. The first-order valence-electron chi connectivity index (χ1n) is 25.1. The molecule has 0 atom stereocenters. The molecule has 0 aliphatic heterocycles. The van der Waals surface area contributed by atoms with Crippen LogP contribution in [0, 0.1) is 5.92 Å². The van der Waals surface area contributed by atoms with Crippen LogP contribution in [0.5, 0.6) is 0 Å². The lowest BCUT2D eigenvalue weighted by Crippen LogP contribution is -2.29. The minimum atomic E-state index is 0.0626. The summed E-state index contributed by atoms with van der Waals surface area (Å²) in [6.45, 7) is 4.58. The monoisotopic (exact) mass is 886 g/mol. The van der Waals surface area contributed by atoms with E-state index in [1.807, 2.05) is 23.5 Å². The number of hydrogen-bond donors (Lipinski definition) is 0. The average molecular weight is 887 g/mol. The Morgan fingerprint density at radius 3 is 1.99 bits per heavy atom. The fraction of sp³-hybridized carbons (Fsp3) is 0.270. The summed E-state index contributed by atoms with van der Waals surface area (Å²) in [5.41, 5.74) is 21.9. The summed E-state index contributed by atoms with van der Waals surface area (Å²) in [6.07, 6.45) is 15.1. The molecule has 67 heavy (non-hydrogen) atoms. The quantitative estimate of drug-likeness (QED) is 0.167. The van der Waals surface area contributed by atoms with Gasteiger partial charge in [0.25, 0.3) is 0 Å². The Kier molecular flexibility index (Phi) is 8.95. The third-order valence-electron chi connectivity index (χ3n) is 16.7. The molecule has 0 radical (unpaired) electrons. The Morgan fingerprint density at radius 2 is 1.18 bits per heavy atom. The van der Waals surface area contributed by atoms with Crippen LogP contribution >= 0.6 is 11.3 Å². The van der Waals surface area contributed by atoms with Crippen molar-refractivity contribution in [2.24, 2.45) is 5.92 Å². The van der Waals surface area contributed by atoms with Gasteiger partial charge in [-0.1, -0.05) is 143 Å². The zero-order chi connectivity index (χ0) is 44.4. The van der Waals surface area contributed by atoms with Gasteiger partial charge in [0.05, 0.1) is 0 Å². The smallest absolute Gasteiger partial charge is 0.180 e. The van der Waals surface area contributed by atoms with Crippen LogP contribution < -0.4 is 0 Å². The molecule has 4 heteroatoms. The maximum atomic E-state index is 6.67. The summed E-state index contributed by atoms with van der Waals surface area (Å²) in [6, 6.07) is 53.3. The number of rotatable bonds is 6. The number of aromatic nitrogens is 2. The first kappa shape index (κ1) is 39.8. The van der Waals surface area contributed by atoms with Crippen molar-refractivity contribution in [2.75, 3.05) is 0 Å². The maximum Gasteiger partial charge on any atom is 0.180 e. The van der Waals surface area contributed by atoms with Crippen molar-refractivity contribution in [3.05, 3.63) is 167 Å². The van der Waals surface area contributed by atoms with E-state index >= 15 is 0 Å². The second kappa shape index (κ2) is 15.1. The molecule has 328 valence electrons. The largest absolute Gasteiger partial charge is 0.452 e. The van der Waals surface area contributed by atoms with E-state index in [0.29, 0.717) is 5.92 Å². The molecule has 0 bridgehead atoms. The van der Waals surface area contributed by atoms with E-state index in [-0.39, 0.29) is 10.8 Å². The Balaban J connectivity index is 0.894. The van der Waals surface area contributed by atoms with Crippen LogP contribution in [0.4, 0.5) is 0 Å². The van der Waals surface area contributed by atoms with Crippen LogP contribution in [-0.2, 0) is 17.3 Å². The van der Waals surface area contributed by atoms with E-state index in [2.05, 4.69) is 141 Å². The van der Waals surface area contributed by atoms with Crippen molar-refractivity contribution < 1.29 is 4.42 Å². The van der Waals surface area contributed by atoms with E-state index in [9.17, 15) is 0 Å². The van der Waals surface area contributed by atoms with Crippen LogP contribution in [-0.4, -0.2) is 9.97 Å². The fourth-order valence-corrected chi connectivity index (χ4v) is 14.6. The molecule has 3 heterocycles. The molecule has 0 unspecified atom stereocenters. The van der Waals surface area contributed by atoms with Crippen LogP contribution in [0.3, 0.4) is 0 Å². The minimum Gasteiger partial charge on any atom is -0.452 e. The van der Waals surface area contributed by atoms with Crippen molar-refractivity contribution >= 4 is 53.6 Å². The normalized spacial score (nSPS) is 16.7. The van der Waals surface area contributed by atoms with Crippen LogP contribution in [0.2, 0.25) is 0 Å².